The summed E-state index contributed by atoms with van der Waals surface area (Å²) in [6.45, 7) is 0. The second-order valence-corrected chi connectivity index (χ2v) is 5.37. The Morgan fingerprint density at radius 1 is 1.14 bits per heavy atom. The molecule has 0 saturated heterocycles. The van der Waals surface area contributed by atoms with Crippen LogP contribution in [0.15, 0.2) is 58.9 Å². The molecule has 0 bridgehead atoms. The van der Waals surface area contributed by atoms with Crippen molar-refractivity contribution in [2.75, 3.05) is 7.11 Å². The third kappa shape index (κ3) is 2.99. The summed E-state index contributed by atoms with van der Waals surface area (Å²) >= 11 is 1.46. The predicted molar refractivity (Wildman–Crippen MR) is 89.5 cm³/mol. The Balaban J connectivity index is 1.84. The molecule has 0 aliphatic carbocycles. The van der Waals surface area contributed by atoms with Crippen LogP contribution in [0.5, 0.6) is 11.5 Å². The maximum atomic E-state index is 10.0. The Kier molecular flexibility index (Phi) is 4.16. The van der Waals surface area contributed by atoms with E-state index in [1.165, 1.54) is 18.4 Å². The second-order valence-electron chi connectivity index (χ2n) is 4.54. The fourth-order valence-corrected chi connectivity index (χ4v) is 2.67. The summed E-state index contributed by atoms with van der Waals surface area (Å²) in [6.07, 6.45) is 1.59. The van der Waals surface area contributed by atoms with Gasteiger partial charge in [-0.3, -0.25) is 0 Å². The van der Waals surface area contributed by atoms with Crippen LogP contribution in [0.4, 0.5) is 5.13 Å². The van der Waals surface area contributed by atoms with Crippen LogP contribution in [0.3, 0.4) is 0 Å². The number of benzene rings is 2. The summed E-state index contributed by atoms with van der Waals surface area (Å²) in [5.74, 6) is 0.502. The molecule has 3 rings (SSSR count). The van der Waals surface area contributed by atoms with E-state index in [2.05, 4.69) is 9.98 Å². The molecule has 0 saturated carbocycles. The number of phenols is 1. The van der Waals surface area contributed by atoms with Crippen LogP contribution in [0.25, 0.3) is 11.3 Å². The minimum atomic E-state index is 0.0774. The molecular weight excluding hydrogens is 296 g/mol. The number of hydrogen-bond donors (Lipinski definition) is 1. The molecule has 1 aromatic heterocycles. The van der Waals surface area contributed by atoms with E-state index in [0.29, 0.717) is 16.4 Å². The maximum Gasteiger partial charge on any atom is 0.209 e. The summed E-state index contributed by atoms with van der Waals surface area (Å²) in [5, 5.41) is 12.6. The van der Waals surface area contributed by atoms with Gasteiger partial charge in [0.15, 0.2) is 11.5 Å². The normalized spacial score (nSPS) is 11.0. The van der Waals surface area contributed by atoms with Crippen molar-refractivity contribution in [2.24, 2.45) is 4.99 Å². The summed E-state index contributed by atoms with van der Waals surface area (Å²) < 4.78 is 5.07. The number of aromatic hydroxyl groups is 1. The van der Waals surface area contributed by atoms with Crippen molar-refractivity contribution in [3.8, 4) is 22.8 Å². The zero-order valence-electron chi connectivity index (χ0n) is 11.9. The molecule has 0 amide bonds. The average Bonchev–Trinajstić information content (AvgIpc) is 3.04. The monoisotopic (exact) mass is 310 g/mol. The number of thiazole rings is 1. The molecule has 110 valence electrons. The van der Waals surface area contributed by atoms with E-state index < -0.39 is 0 Å². The quantitative estimate of drug-likeness (QED) is 0.732. The molecule has 0 fully saturated rings. The molecule has 0 aliphatic heterocycles. The van der Waals surface area contributed by atoms with Crippen molar-refractivity contribution >= 4 is 22.7 Å². The number of ether oxygens (including phenoxy) is 1. The first kappa shape index (κ1) is 14.3. The van der Waals surface area contributed by atoms with Crippen LogP contribution in [-0.2, 0) is 0 Å². The third-order valence-corrected chi connectivity index (χ3v) is 3.87. The van der Waals surface area contributed by atoms with E-state index in [1.807, 2.05) is 35.7 Å². The lowest BCUT2D eigenvalue weighted by molar-refractivity contribution is 0.373. The minimum Gasteiger partial charge on any atom is -0.504 e. The topological polar surface area (TPSA) is 54.7 Å². The van der Waals surface area contributed by atoms with Gasteiger partial charge in [0.1, 0.15) is 0 Å². The van der Waals surface area contributed by atoms with Crippen LogP contribution in [0.1, 0.15) is 5.56 Å². The highest BCUT2D eigenvalue weighted by Gasteiger charge is 2.06. The van der Waals surface area contributed by atoms with Gasteiger partial charge in [-0.15, -0.1) is 11.3 Å². The molecular formula is C17H14N2O2S. The van der Waals surface area contributed by atoms with Crippen LogP contribution >= 0.6 is 11.3 Å². The second kappa shape index (κ2) is 6.41. The Morgan fingerprint density at radius 3 is 2.73 bits per heavy atom. The molecule has 0 aliphatic rings. The Bertz CT molecular complexity index is 797. The molecule has 0 radical (unpaired) electrons. The van der Waals surface area contributed by atoms with Gasteiger partial charge in [-0.25, -0.2) is 9.98 Å². The summed E-state index contributed by atoms with van der Waals surface area (Å²) in [6, 6.07) is 15.2. The number of rotatable bonds is 4. The van der Waals surface area contributed by atoms with Gasteiger partial charge in [0, 0.05) is 22.7 Å². The fraction of sp³-hybridized carbons (Fsp3) is 0.0588. The van der Waals surface area contributed by atoms with Gasteiger partial charge in [-0.05, 0) is 12.1 Å². The van der Waals surface area contributed by atoms with E-state index >= 15 is 0 Å². The maximum absolute atomic E-state index is 10.0. The zero-order chi connectivity index (χ0) is 15.4. The fourth-order valence-electron chi connectivity index (χ4n) is 2.00. The predicted octanol–water partition coefficient (Wildman–Crippen LogP) is 4.27. The lowest BCUT2D eigenvalue weighted by Crippen LogP contribution is -1.88. The average molecular weight is 310 g/mol. The molecule has 0 spiro atoms. The molecule has 3 aromatic rings. The number of aromatic nitrogens is 1. The van der Waals surface area contributed by atoms with E-state index in [4.69, 9.17) is 4.74 Å². The van der Waals surface area contributed by atoms with Crippen molar-refractivity contribution in [1.29, 1.82) is 0 Å². The van der Waals surface area contributed by atoms with Crippen LogP contribution in [0.2, 0.25) is 0 Å². The van der Waals surface area contributed by atoms with Crippen molar-refractivity contribution in [1.82, 2.24) is 4.98 Å². The van der Waals surface area contributed by atoms with Gasteiger partial charge < -0.3 is 9.84 Å². The molecule has 0 atom stereocenters. The third-order valence-electron chi connectivity index (χ3n) is 3.13. The van der Waals surface area contributed by atoms with E-state index in [9.17, 15) is 5.11 Å². The van der Waals surface area contributed by atoms with Crippen LogP contribution in [-0.4, -0.2) is 23.4 Å². The number of aliphatic imine (C=N–C) groups is 1. The first-order valence-corrected chi connectivity index (χ1v) is 7.57. The molecule has 1 heterocycles. The molecule has 5 heteroatoms. The van der Waals surface area contributed by atoms with Gasteiger partial charge >= 0.3 is 0 Å². The number of methoxy groups -OCH3 is 1. The van der Waals surface area contributed by atoms with Crippen molar-refractivity contribution in [3.05, 3.63) is 59.5 Å². The lowest BCUT2D eigenvalue weighted by Gasteiger charge is -2.04. The molecule has 2 aromatic carbocycles. The smallest absolute Gasteiger partial charge is 0.209 e. The van der Waals surface area contributed by atoms with Crippen LogP contribution in [0, 0.1) is 0 Å². The largest absolute Gasteiger partial charge is 0.504 e. The number of nitrogens with zero attached hydrogens (tertiary/aromatic N) is 2. The van der Waals surface area contributed by atoms with Gasteiger partial charge in [0.2, 0.25) is 5.13 Å². The molecule has 0 unspecified atom stereocenters. The Morgan fingerprint density at radius 2 is 1.95 bits per heavy atom. The summed E-state index contributed by atoms with van der Waals surface area (Å²) in [5.41, 5.74) is 2.55. The first-order valence-electron chi connectivity index (χ1n) is 6.69. The Labute approximate surface area is 132 Å². The standard InChI is InChI=1S/C17H14N2O2S/c1-21-15-9-5-8-13(16(15)20)10-18-17-19-14(11-22-17)12-6-3-2-4-7-12/h2-11,20H,1H3. The van der Waals surface area contributed by atoms with Gasteiger partial charge in [-0.1, -0.05) is 36.4 Å². The van der Waals surface area contributed by atoms with Crippen LogP contribution < -0.4 is 4.74 Å². The highest BCUT2D eigenvalue weighted by atomic mass is 32.1. The highest BCUT2D eigenvalue weighted by molar-refractivity contribution is 7.13. The van der Waals surface area contributed by atoms with Crippen molar-refractivity contribution < 1.29 is 9.84 Å². The number of para-hydroxylation sites is 1. The van der Waals surface area contributed by atoms with E-state index in [1.54, 1.807) is 24.4 Å². The lowest BCUT2D eigenvalue weighted by atomic mass is 10.2. The summed E-state index contributed by atoms with van der Waals surface area (Å²) in [4.78, 5) is 8.80. The first-order chi connectivity index (χ1) is 10.8. The SMILES string of the molecule is COc1cccc(C=Nc2nc(-c3ccccc3)cs2)c1O. The van der Waals surface area contributed by atoms with Crippen molar-refractivity contribution in [3.63, 3.8) is 0 Å². The Hall–Kier alpha value is -2.66. The molecule has 22 heavy (non-hydrogen) atoms. The van der Waals surface area contributed by atoms with Gasteiger partial charge in [0.05, 0.1) is 12.8 Å². The number of phenolic OH excluding ortho intramolecular Hbond substituents is 1. The highest BCUT2D eigenvalue weighted by Crippen LogP contribution is 2.30. The van der Waals surface area contributed by atoms with Gasteiger partial charge in [0.25, 0.3) is 0 Å². The van der Waals surface area contributed by atoms with E-state index in [-0.39, 0.29) is 5.75 Å². The zero-order valence-corrected chi connectivity index (χ0v) is 12.7. The van der Waals surface area contributed by atoms with Crippen molar-refractivity contribution in [2.45, 2.75) is 0 Å². The molecule has 1 N–H and O–H groups in total. The van der Waals surface area contributed by atoms with E-state index in [0.717, 1.165) is 11.3 Å². The minimum absolute atomic E-state index is 0.0774. The van der Waals surface area contributed by atoms with Gasteiger partial charge in [-0.2, -0.15) is 0 Å². The number of hydrogen-bond acceptors (Lipinski definition) is 5. The molecule has 4 nitrogen and oxygen atoms in total. The summed E-state index contributed by atoms with van der Waals surface area (Å²) in [7, 11) is 1.52.